The molecular weight excluding hydrogens is 378 g/mol. The summed E-state index contributed by atoms with van der Waals surface area (Å²) >= 11 is 0. The van der Waals surface area contributed by atoms with E-state index in [9.17, 15) is 8.78 Å². The van der Waals surface area contributed by atoms with Crippen molar-refractivity contribution in [3.8, 4) is 11.1 Å². The van der Waals surface area contributed by atoms with Gasteiger partial charge in [0, 0.05) is 41.8 Å². The average molecular weight is 398 g/mol. The number of pyridine rings is 1. The number of halogens is 2. The van der Waals surface area contributed by atoms with E-state index in [1.54, 1.807) is 6.20 Å². The molecule has 1 saturated carbocycles. The molecule has 4 aromatic heterocycles. The molecule has 5 rings (SSSR count). The fraction of sp³-hybridized carbons (Fsp3) is 0.350. The Morgan fingerprint density at radius 2 is 2.07 bits per heavy atom. The van der Waals surface area contributed by atoms with Crippen LogP contribution in [0.25, 0.3) is 27.7 Å². The third kappa shape index (κ3) is 3.65. The Labute approximate surface area is 165 Å². The molecule has 4 heterocycles. The fourth-order valence-corrected chi connectivity index (χ4v) is 3.98. The maximum Gasteiger partial charge on any atom is 0.345 e. The first-order valence-electron chi connectivity index (χ1n) is 9.64. The lowest BCUT2D eigenvalue weighted by Crippen LogP contribution is -2.31. The first-order valence-corrected chi connectivity index (χ1v) is 9.64. The third-order valence-electron chi connectivity index (χ3n) is 5.45. The van der Waals surface area contributed by atoms with Crippen LogP contribution in [0.15, 0.2) is 43.0 Å². The second-order valence-electron chi connectivity index (χ2n) is 7.29. The number of hydrogen-bond donors (Lipinski definition) is 2. The van der Waals surface area contributed by atoms with Crippen molar-refractivity contribution < 1.29 is 13.5 Å². The Bertz CT molecular complexity index is 1130. The van der Waals surface area contributed by atoms with E-state index in [2.05, 4.69) is 36.2 Å². The first kappa shape index (κ1) is 18.0. The van der Waals surface area contributed by atoms with Crippen LogP contribution in [-0.2, 0) is 4.74 Å². The quantitative estimate of drug-likeness (QED) is 0.526. The highest BCUT2D eigenvalue weighted by Crippen LogP contribution is 2.29. The number of aromatic amines is 1. The van der Waals surface area contributed by atoms with Crippen LogP contribution in [0.3, 0.4) is 0 Å². The number of nitrogens with one attached hydrogen (secondary N) is 2. The van der Waals surface area contributed by atoms with Gasteiger partial charge in [0.25, 0.3) is 0 Å². The summed E-state index contributed by atoms with van der Waals surface area (Å²) in [5, 5.41) is 8.48. The van der Waals surface area contributed by atoms with Crippen molar-refractivity contribution in [1.82, 2.24) is 24.6 Å². The second kappa shape index (κ2) is 7.40. The Balaban J connectivity index is 1.32. The van der Waals surface area contributed by atoms with Gasteiger partial charge in [-0.1, -0.05) is 0 Å². The van der Waals surface area contributed by atoms with Gasteiger partial charge in [0.2, 0.25) is 5.95 Å². The molecule has 9 heteroatoms. The zero-order valence-electron chi connectivity index (χ0n) is 15.6. The summed E-state index contributed by atoms with van der Waals surface area (Å²) in [6.07, 6.45) is 9.77. The average Bonchev–Trinajstić information content (AvgIpc) is 3.35. The number of alkyl halides is 2. The van der Waals surface area contributed by atoms with Crippen molar-refractivity contribution >= 4 is 22.5 Å². The Morgan fingerprint density at radius 1 is 1.21 bits per heavy atom. The molecule has 29 heavy (non-hydrogen) atoms. The maximum absolute atomic E-state index is 12.3. The lowest BCUT2D eigenvalue weighted by molar-refractivity contribution is -0.169. The minimum atomic E-state index is -2.70. The van der Waals surface area contributed by atoms with Crippen molar-refractivity contribution in [1.29, 1.82) is 0 Å². The highest BCUT2D eigenvalue weighted by molar-refractivity contribution is 5.94. The Kier molecular flexibility index (Phi) is 4.59. The molecule has 1 aliphatic rings. The molecule has 0 amide bonds. The molecule has 0 bridgehead atoms. The molecule has 0 radical (unpaired) electrons. The summed E-state index contributed by atoms with van der Waals surface area (Å²) < 4.78 is 31.1. The zero-order valence-corrected chi connectivity index (χ0v) is 15.6. The Hall–Kier alpha value is -3.07. The number of ether oxygens (including phenoxy) is 1. The van der Waals surface area contributed by atoms with E-state index in [1.165, 1.54) is 0 Å². The van der Waals surface area contributed by atoms with Crippen LogP contribution in [0.2, 0.25) is 0 Å². The first-order chi connectivity index (χ1) is 14.2. The number of hydrogen-bond acceptors (Lipinski definition) is 5. The maximum atomic E-state index is 12.3. The van der Waals surface area contributed by atoms with E-state index >= 15 is 0 Å². The SMILES string of the molecule is FC(F)OC1CCC(Nc2ncc3c(-c4ccn5nccc5c4)c[nH]c3n2)CC1. The van der Waals surface area contributed by atoms with Gasteiger partial charge in [-0.05, 0) is 49.4 Å². The normalized spacial score (nSPS) is 20.0. The molecule has 0 spiro atoms. The summed E-state index contributed by atoms with van der Waals surface area (Å²) in [5.41, 5.74) is 3.86. The van der Waals surface area contributed by atoms with Gasteiger partial charge < -0.3 is 15.0 Å². The summed E-state index contributed by atoms with van der Waals surface area (Å²) in [4.78, 5) is 12.3. The summed E-state index contributed by atoms with van der Waals surface area (Å²) in [5.74, 6) is 0.537. The molecule has 0 aliphatic heterocycles. The largest absolute Gasteiger partial charge is 0.351 e. The van der Waals surface area contributed by atoms with Crippen molar-refractivity contribution in [2.24, 2.45) is 0 Å². The number of rotatable bonds is 5. The van der Waals surface area contributed by atoms with Crippen molar-refractivity contribution in [2.45, 2.75) is 44.4 Å². The molecular formula is C20H20F2N6O. The van der Waals surface area contributed by atoms with Crippen molar-refractivity contribution in [2.75, 3.05) is 5.32 Å². The van der Waals surface area contributed by atoms with Gasteiger partial charge in [0.15, 0.2) is 0 Å². The van der Waals surface area contributed by atoms with Gasteiger partial charge in [0.05, 0.1) is 11.6 Å². The number of anilines is 1. The summed E-state index contributed by atoms with van der Waals surface area (Å²) in [6, 6.07) is 6.19. The smallest absolute Gasteiger partial charge is 0.345 e. The highest BCUT2D eigenvalue weighted by atomic mass is 19.3. The van der Waals surface area contributed by atoms with E-state index in [0.29, 0.717) is 18.8 Å². The highest BCUT2D eigenvalue weighted by Gasteiger charge is 2.24. The van der Waals surface area contributed by atoms with Gasteiger partial charge in [-0.15, -0.1) is 0 Å². The molecule has 2 N–H and O–H groups in total. The van der Waals surface area contributed by atoms with Crippen LogP contribution in [0.5, 0.6) is 0 Å². The topological polar surface area (TPSA) is 80.1 Å². The van der Waals surface area contributed by atoms with Gasteiger partial charge in [0.1, 0.15) is 5.65 Å². The number of H-pyrrole nitrogens is 1. The summed E-state index contributed by atoms with van der Waals surface area (Å²) in [6.45, 7) is -2.70. The van der Waals surface area contributed by atoms with E-state index in [-0.39, 0.29) is 12.1 Å². The van der Waals surface area contributed by atoms with Crippen LogP contribution in [-0.4, -0.2) is 43.3 Å². The van der Waals surface area contributed by atoms with Gasteiger partial charge in [-0.3, -0.25) is 0 Å². The van der Waals surface area contributed by atoms with Gasteiger partial charge >= 0.3 is 6.61 Å². The van der Waals surface area contributed by atoms with Crippen LogP contribution >= 0.6 is 0 Å². The van der Waals surface area contributed by atoms with Gasteiger partial charge in [-0.25, -0.2) is 9.50 Å². The monoisotopic (exact) mass is 398 g/mol. The van der Waals surface area contributed by atoms with E-state index in [4.69, 9.17) is 0 Å². The van der Waals surface area contributed by atoms with Crippen LogP contribution in [0.4, 0.5) is 14.7 Å². The standard InChI is InChI=1S/C20H20F2N6O/c21-19(22)29-15-3-1-13(2-4-15)26-20-24-11-17-16(10-23-18(17)27-20)12-6-8-28-14(9-12)5-7-25-28/h5-11,13,15,19H,1-4H2,(H2,23,24,26,27). The molecule has 1 aliphatic carbocycles. The second-order valence-corrected chi connectivity index (χ2v) is 7.29. The number of aromatic nitrogens is 5. The predicted molar refractivity (Wildman–Crippen MR) is 105 cm³/mol. The number of nitrogens with zero attached hydrogens (tertiary/aromatic N) is 4. The lowest BCUT2D eigenvalue weighted by Gasteiger charge is -2.28. The molecule has 4 aromatic rings. The third-order valence-corrected chi connectivity index (χ3v) is 5.45. The Morgan fingerprint density at radius 3 is 2.90 bits per heavy atom. The molecule has 0 atom stereocenters. The summed E-state index contributed by atoms with van der Waals surface area (Å²) in [7, 11) is 0. The predicted octanol–water partition coefficient (Wildman–Crippen LogP) is 4.23. The number of fused-ring (bicyclic) bond motifs is 2. The van der Waals surface area contributed by atoms with E-state index in [0.717, 1.165) is 40.5 Å². The van der Waals surface area contributed by atoms with E-state index in [1.807, 2.05) is 35.2 Å². The van der Waals surface area contributed by atoms with E-state index < -0.39 is 6.61 Å². The molecule has 7 nitrogen and oxygen atoms in total. The minimum Gasteiger partial charge on any atom is -0.351 e. The van der Waals surface area contributed by atoms with Crippen molar-refractivity contribution in [3.63, 3.8) is 0 Å². The van der Waals surface area contributed by atoms with Crippen LogP contribution in [0.1, 0.15) is 25.7 Å². The minimum absolute atomic E-state index is 0.156. The van der Waals surface area contributed by atoms with Gasteiger partial charge in [-0.2, -0.15) is 18.9 Å². The molecule has 1 fully saturated rings. The fourth-order valence-electron chi connectivity index (χ4n) is 3.98. The molecule has 0 aromatic carbocycles. The van der Waals surface area contributed by atoms with Crippen molar-refractivity contribution in [3.05, 3.63) is 43.0 Å². The lowest BCUT2D eigenvalue weighted by atomic mass is 9.93. The molecule has 0 unspecified atom stereocenters. The molecule has 150 valence electrons. The van der Waals surface area contributed by atoms with Crippen LogP contribution in [0, 0.1) is 0 Å². The molecule has 0 saturated heterocycles. The van der Waals surface area contributed by atoms with Crippen LogP contribution < -0.4 is 5.32 Å². The zero-order chi connectivity index (χ0) is 19.8.